The van der Waals surface area contributed by atoms with Gasteiger partial charge in [0.05, 0.1) is 0 Å². The summed E-state index contributed by atoms with van der Waals surface area (Å²) in [5.74, 6) is 1.91. The molecule has 3 nitrogen and oxygen atoms in total. The minimum absolute atomic E-state index is 0.631. The smallest absolute Gasteiger partial charge is 0.164 e. The Kier molecular flexibility index (Phi) is 7.49. The van der Waals surface area contributed by atoms with Crippen molar-refractivity contribution in [3.8, 4) is 56.4 Å². The summed E-state index contributed by atoms with van der Waals surface area (Å²) >= 11 is 0. The quantitative estimate of drug-likeness (QED) is 0.132. The summed E-state index contributed by atoms with van der Waals surface area (Å²) in [4.78, 5) is 15.6. The maximum absolute atomic E-state index is 5.20. The molecule has 0 radical (unpaired) electrons. The average molecular weight is 712 g/mol. The van der Waals surface area contributed by atoms with Crippen molar-refractivity contribution in [3.05, 3.63) is 200 Å². The van der Waals surface area contributed by atoms with Gasteiger partial charge in [-0.15, -0.1) is 0 Å². The largest absolute Gasteiger partial charge is 0.208 e. The zero-order valence-electron chi connectivity index (χ0n) is 30.4. The molecule has 0 bridgehead atoms. The zero-order valence-corrected chi connectivity index (χ0v) is 30.4. The van der Waals surface area contributed by atoms with E-state index in [9.17, 15) is 0 Å². The van der Waals surface area contributed by atoms with Crippen LogP contribution in [0.4, 0.5) is 0 Å². The lowest BCUT2D eigenvalue weighted by Crippen LogP contribution is -2.01. The standard InChI is InChI=1S/C53H33N3/c1-2-12-34(13-3-1)43-18-10-11-21-48(43)53-55-51(54-52(56-53)41-29-30-45-40(32-41)27-22-35-14-4-7-17-42(35)45)38-25-23-37(24-26-38)50-46-20-9-6-16-39(46)33-49-44-19-8-5-15-36(44)28-31-47(49)50/h1-33H. The Morgan fingerprint density at radius 2 is 0.714 bits per heavy atom. The molecule has 56 heavy (non-hydrogen) atoms. The minimum Gasteiger partial charge on any atom is -0.208 e. The molecule has 11 aromatic rings. The van der Waals surface area contributed by atoms with Gasteiger partial charge >= 0.3 is 0 Å². The highest BCUT2D eigenvalue weighted by Gasteiger charge is 2.17. The molecular weight excluding hydrogens is 679 g/mol. The highest BCUT2D eigenvalue weighted by molar-refractivity contribution is 6.20. The maximum Gasteiger partial charge on any atom is 0.164 e. The molecule has 11 rings (SSSR count). The lowest BCUT2D eigenvalue weighted by molar-refractivity contribution is 1.07. The molecule has 0 saturated heterocycles. The second-order valence-corrected chi connectivity index (χ2v) is 14.4. The molecule has 260 valence electrons. The third kappa shape index (κ3) is 5.40. The van der Waals surface area contributed by atoms with E-state index in [1.54, 1.807) is 0 Å². The van der Waals surface area contributed by atoms with E-state index in [1.165, 1.54) is 54.0 Å². The van der Waals surface area contributed by atoms with Crippen molar-refractivity contribution in [2.24, 2.45) is 0 Å². The van der Waals surface area contributed by atoms with Crippen LogP contribution in [0.3, 0.4) is 0 Å². The molecule has 0 unspecified atom stereocenters. The van der Waals surface area contributed by atoms with Crippen molar-refractivity contribution in [1.82, 2.24) is 15.0 Å². The summed E-state index contributed by atoms with van der Waals surface area (Å²) in [6.07, 6.45) is 0. The average Bonchev–Trinajstić information content (AvgIpc) is 3.28. The van der Waals surface area contributed by atoms with Crippen LogP contribution >= 0.6 is 0 Å². The van der Waals surface area contributed by atoms with E-state index in [4.69, 9.17) is 15.0 Å². The summed E-state index contributed by atoms with van der Waals surface area (Å²) < 4.78 is 0. The van der Waals surface area contributed by atoms with Gasteiger partial charge < -0.3 is 0 Å². The van der Waals surface area contributed by atoms with E-state index in [1.807, 2.05) is 6.07 Å². The molecule has 0 saturated carbocycles. The summed E-state index contributed by atoms with van der Waals surface area (Å²) in [5, 5.41) is 12.3. The first-order chi connectivity index (χ1) is 27.7. The van der Waals surface area contributed by atoms with Crippen molar-refractivity contribution in [2.45, 2.75) is 0 Å². The number of aromatic nitrogens is 3. The Morgan fingerprint density at radius 1 is 0.232 bits per heavy atom. The highest BCUT2D eigenvalue weighted by Crippen LogP contribution is 2.40. The van der Waals surface area contributed by atoms with Crippen molar-refractivity contribution in [1.29, 1.82) is 0 Å². The SMILES string of the molecule is c1ccc(-c2ccccc2-c2nc(-c3ccc(-c4c5ccccc5cc5c4ccc4ccccc45)cc3)nc(-c3ccc4c(ccc5ccccc54)c3)n2)cc1. The fourth-order valence-corrected chi connectivity index (χ4v) is 8.37. The lowest BCUT2D eigenvalue weighted by atomic mass is 9.89. The van der Waals surface area contributed by atoms with Gasteiger partial charge in [-0.3, -0.25) is 0 Å². The zero-order chi connectivity index (χ0) is 37.0. The van der Waals surface area contributed by atoms with Crippen molar-refractivity contribution in [2.75, 3.05) is 0 Å². The van der Waals surface area contributed by atoms with E-state index < -0.39 is 0 Å². The Bertz CT molecular complexity index is 3300. The maximum atomic E-state index is 5.20. The first-order valence-electron chi connectivity index (χ1n) is 19.0. The lowest BCUT2D eigenvalue weighted by Gasteiger charge is -2.15. The van der Waals surface area contributed by atoms with Crippen molar-refractivity contribution < 1.29 is 0 Å². The monoisotopic (exact) mass is 711 g/mol. The third-order valence-corrected chi connectivity index (χ3v) is 11.1. The van der Waals surface area contributed by atoms with Gasteiger partial charge in [0.2, 0.25) is 0 Å². The molecule has 0 spiro atoms. The molecule has 0 N–H and O–H groups in total. The van der Waals surface area contributed by atoms with Crippen LogP contribution in [0.5, 0.6) is 0 Å². The van der Waals surface area contributed by atoms with Crippen LogP contribution in [-0.2, 0) is 0 Å². The van der Waals surface area contributed by atoms with Gasteiger partial charge in [-0.05, 0) is 88.2 Å². The van der Waals surface area contributed by atoms with E-state index in [0.29, 0.717) is 17.5 Å². The molecule has 10 aromatic carbocycles. The summed E-state index contributed by atoms with van der Waals surface area (Å²) in [6, 6.07) is 71.2. The van der Waals surface area contributed by atoms with Gasteiger partial charge in [0, 0.05) is 16.7 Å². The van der Waals surface area contributed by atoms with Crippen molar-refractivity contribution >= 4 is 53.9 Å². The number of nitrogens with zero attached hydrogens (tertiary/aromatic N) is 3. The number of rotatable bonds is 5. The molecule has 1 aromatic heterocycles. The summed E-state index contributed by atoms with van der Waals surface area (Å²) in [7, 11) is 0. The Morgan fingerprint density at radius 3 is 1.48 bits per heavy atom. The van der Waals surface area contributed by atoms with Crippen molar-refractivity contribution in [3.63, 3.8) is 0 Å². The number of hydrogen-bond donors (Lipinski definition) is 0. The van der Waals surface area contributed by atoms with Crippen LogP contribution in [0.2, 0.25) is 0 Å². The normalized spacial score (nSPS) is 11.6. The first kappa shape index (κ1) is 32.0. The third-order valence-electron chi connectivity index (χ3n) is 11.1. The predicted octanol–water partition coefficient (Wildman–Crippen LogP) is 14.0. The van der Waals surface area contributed by atoms with Crippen LogP contribution in [0.15, 0.2) is 200 Å². The molecule has 3 heteroatoms. The van der Waals surface area contributed by atoms with Gasteiger partial charge in [-0.25, -0.2) is 15.0 Å². The van der Waals surface area contributed by atoms with Crippen LogP contribution in [0.25, 0.3) is 110 Å². The number of fused-ring (bicyclic) bond motifs is 7. The van der Waals surface area contributed by atoms with Crippen LogP contribution < -0.4 is 0 Å². The molecule has 0 aliphatic rings. The summed E-state index contributed by atoms with van der Waals surface area (Å²) in [6.45, 7) is 0. The number of benzene rings is 10. The fraction of sp³-hybridized carbons (Fsp3) is 0. The molecule has 0 atom stereocenters. The van der Waals surface area contributed by atoms with Gasteiger partial charge in [-0.2, -0.15) is 0 Å². The van der Waals surface area contributed by atoms with Crippen LogP contribution in [-0.4, -0.2) is 15.0 Å². The Labute approximate surface area is 324 Å². The van der Waals surface area contributed by atoms with Crippen LogP contribution in [0.1, 0.15) is 0 Å². The van der Waals surface area contributed by atoms with E-state index in [-0.39, 0.29) is 0 Å². The highest BCUT2D eigenvalue weighted by atomic mass is 15.0. The second-order valence-electron chi connectivity index (χ2n) is 14.4. The predicted molar refractivity (Wildman–Crippen MR) is 235 cm³/mol. The fourth-order valence-electron chi connectivity index (χ4n) is 8.37. The Hall–Kier alpha value is -7.49. The molecule has 1 heterocycles. The van der Waals surface area contributed by atoms with E-state index >= 15 is 0 Å². The molecule has 0 aliphatic heterocycles. The van der Waals surface area contributed by atoms with Gasteiger partial charge in [0.15, 0.2) is 17.5 Å². The van der Waals surface area contributed by atoms with E-state index in [2.05, 4.69) is 194 Å². The van der Waals surface area contributed by atoms with Crippen LogP contribution in [0, 0.1) is 0 Å². The molecule has 0 amide bonds. The second kappa shape index (κ2) is 13.1. The van der Waals surface area contributed by atoms with Gasteiger partial charge in [-0.1, -0.05) is 188 Å². The molecular formula is C53H33N3. The van der Waals surface area contributed by atoms with Gasteiger partial charge in [0.25, 0.3) is 0 Å². The number of hydrogen-bond acceptors (Lipinski definition) is 3. The first-order valence-corrected chi connectivity index (χ1v) is 19.0. The molecule has 0 aliphatic carbocycles. The minimum atomic E-state index is 0.631. The Balaban J connectivity index is 1.09. The van der Waals surface area contributed by atoms with Gasteiger partial charge in [0.1, 0.15) is 0 Å². The molecule has 0 fully saturated rings. The topological polar surface area (TPSA) is 38.7 Å². The van der Waals surface area contributed by atoms with E-state index in [0.717, 1.165) is 38.8 Å². The summed E-state index contributed by atoms with van der Waals surface area (Å²) in [5.41, 5.74) is 7.40.